The Morgan fingerprint density at radius 3 is 2.09 bits per heavy atom. The first-order valence-electron chi connectivity index (χ1n) is 9.62. The summed E-state index contributed by atoms with van der Waals surface area (Å²) >= 11 is 0. The van der Waals surface area contributed by atoms with Crippen LogP contribution in [0, 0.1) is 5.92 Å². The van der Waals surface area contributed by atoms with Crippen LogP contribution in [0.3, 0.4) is 0 Å². The maximum atomic E-state index is 12.6. The molecule has 3 nitrogen and oxygen atoms in total. The van der Waals surface area contributed by atoms with Gasteiger partial charge in [-0.1, -0.05) is 59.3 Å². The number of amides is 1. The Morgan fingerprint density at radius 1 is 0.909 bits per heavy atom. The molecule has 1 amide bonds. The quantitative estimate of drug-likeness (QED) is 0.448. The number of nitrogens with one attached hydrogen (secondary N) is 1. The van der Waals surface area contributed by atoms with Crippen LogP contribution in [0.15, 0.2) is 0 Å². The van der Waals surface area contributed by atoms with Crippen LogP contribution in [0.5, 0.6) is 0 Å². The van der Waals surface area contributed by atoms with E-state index in [2.05, 4.69) is 26.1 Å². The molecule has 1 atom stereocenters. The molecule has 0 aliphatic heterocycles. The lowest BCUT2D eigenvalue weighted by atomic mass is 9.93. The monoisotopic (exact) mass is 312 g/mol. The van der Waals surface area contributed by atoms with Crippen LogP contribution in [0.4, 0.5) is 0 Å². The molecule has 0 fully saturated rings. The Labute approximate surface area is 139 Å². The fraction of sp³-hybridized carbons (Fsp3) is 0.947. The Hall–Kier alpha value is -0.570. The van der Waals surface area contributed by atoms with Crippen LogP contribution in [0.1, 0.15) is 85.0 Å². The standard InChI is InChI=1S/C19H40N2O/c1-5-8-9-11-14-18(19(22)21(4)17-6-2)15-12-10-13-16-20-7-3/h18,20H,5-17H2,1-4H3. The summed E-state index contributed by atoms with van der Waals surface area (Å²) in [7, 11) is 1.97. The molecule has 0 saturated heterocycles. The smallest absolute Gasteiger partial charge is 0.225 e. The molecule has 0 spiro atoms. The highest BCUT2D eigenvalue weighted by Gasteiger charge is 2.20. The highest BCUT2D eigenvalue weighted by molar-refractivity contribution is 5.78. The maximum Gasteiger partial charge on any atom is 0.225 e. The molecule has 0 heterocycles. The van der Waals surface area contributed by atoms with E-state index in [-0.39, 0.29) is 5.92 Å². The minimum Gasteiger partial charge on any atom is -0.346 e. The molecule has 0 aliphatic carbocycles. The second-order valence-corrected chi connectivity index (χ2v) is 6.51. The molecule has 0 radical (unpaired) electrons. The zero-order chi connectivity index (χ0) is 16.6. The summed E-state index contributed by atoms with van der Waals surface area (Å²) in [6, 6.07) is 0. The summed E-state index contributed by atoms with van der Waals surface area (Å²) in [4.78, 5) is 14.5. The van der Waals surface area contributed by atoms with Crippen molar-refractivity contribution in [3.8, 4) is 0 Å². The molecule has 0 aliphatic rings. The molecule has 132 valence electrons. The summed E-state index contributed by atoms with van der Waals surface area (Å²) in [5.74, 6) is 0.637. The minimum atomic E-state index is 0.257. The van der Waals surface area contributed by atoms with Crippen molar-refractivity contribution in [2.75, 3.05) is 26.7 Å². The van der Waals surface area contributed by atoms with Gasteiger partial charge < -0.3 is 10.2 Å². The van der Waals surface area contributed by atoms with Crippen LogP contribution in [-0.2, 0) is 4.79 Å². The fourth-order valence-electron chi connectivity index (χ4n) is 2.96. The Morgan fingerprint density at radius 2 is 1.55 bits per heavy atom. The number of unbranched alkanes of at least 4 members (excludes halogenated alkanes) is 5. The second kappa shape index (κ2) is 15.3. The third-order valence-electron chi connectivity index (χ3n) is 4.35. The molecule has 1 N–H and O–H groups in total. The largest absolute Gasteiger partial charge is 0.346 e. The van der Waals surface area contributed by atoms with Crippen LogP contribution >= 0.6 is 0 Å². The highest BCUT2D eigenvalue weighted by atomic mass is 16.2. The summed E-state index contributed by atoms with van der Waals surface area (Å²) in [5.41, 5.74) is 0. The lowest BCUT2D eigenvalue weighted by Crippen LogP contribution is -2.33. The van der Waals surface area contributed by atoms with Gasteiger partial charge in [-0.2, -0.15) is 0 Å². The van der Waals surface area contributed by atoms with E-state index in [0.717, 1.165) is 38.9 Å². The van der Waals surface area contributed by atoms with Gasteiger partial charge in [0.1, 0.15) is 0 Å². The van der Waals surface area contributed by atoms with Crippen LogP contribution < -0.4 is 5.32 Å². The van der Waals surface area contributed by atoms with Gasteiger partial charge in [0.2, 0.25) is 5.91 Å². The van der Waals surface area contributed by atoms with E-state index in [1.807, 2.05) is 11.9 Å². The zero-order valence-electron chi connectivity index (χ0n) is 15.6. The molecular formula is C19H40N2O. The number of hydrogen-bond acceptors (Lipinski definition) is 2. The third kappa shape index (κ3) is 11.1. The first-order valence-corrected chi connectivity index (χ1v) is 9.62. The summed E-state index contributed by atoms with van der Waals surface area (Å²) < 4.78 is 0. The second-order valence-electron chi connectivity index (χ2n) is 6.51. The van der Waals surface area contributed by atoms with Crippen molar-refractivity contribution < 1.29 is 4.79 Å². The number of carbonyl (C=O) groups is 1. The van der Waals surface area contributed by atoms with Gasteiger partial charge in [-0.05, 0) is 38.8 Å². The summed E-state index contributed by atoms with van der Waals surface area (Å²) in [6.07, 6.45) is 11.9. The van der Waals surface area contributed by atoms with Gasteiger partial charge in [-0.15, -0.1) is 0 Å². The molecule has 0 bridgehead atoms. The van der Waals surface area contributed by atoms with Crippen molar-refractivity contribution >= 4 is 5.91 Å². The number of hydrogen-bond donors (Lipinski definition) is 1. The molecule has 0 aromatic carbocycles. The van der Waals surface area contributed by atoms with Gasteiger partial charge in [-0.3, -0.25) is 4.79 Å². The average Bonchev–Trinajstić information content (AvgIpc) is 2.52. The summed E-state index contributed by atoms with van der Waals surface area (Å²) in [6.45, 7) is 9.59. The lowest BCUT2D eigenvalue weighted by molar-refractivity contribution is -0.134. The van der Waals surface area contributed by atoms with Gasteiger partial charge in [0.05, 0.1) is 0 Å². The van der Waals surface area contributed by atoms with Crippen molar-refractivity contribution in [3.05, 3.63) is 0 Å². The van der Waals surface area contributed by atoms with Crippen molar-refractivity contribution in [2.24, 2.45) is 5.92 Å². The van der Waals surface area contributed by atoms with E-state index in [9.17, 15) is 4.79 Å². The highest BCUT2D eigenvalue weighted by Crippen LogP contribution is 2.20. The van der Waals surface area contributed by atoms with Crippen molar-refractivity contribution in [2.45, 2.75) is 85.0 Å². The molecule has 22 heavy (non-hydrogen) atoms. The molecule has 1 unspecified atom stereocenters. The van der Waals surface area contributed by atoms with Gasteiger partial charge in [0, 0.05) is 19.5 Å². The zero-order valence-corrected chi connectivity index (χ0v) is 15.6. The first-order chi connectivity index (χ1) is 10.7. The third-order valence-corrected chi connectivity index (χ3v) is 4.35. The number of carbonyl (C=O) groups excluding carboxylic acids is 1. The Balaban J connectivity index is 4.12. The van der Waals surface area contributed by atoms with E-state index < -0.39 is 0 Å². The average molecular weight is 313 g/mol. The topological polar surface area (TPSA) is 32.3 Å². The van der Waals surface area contributed by atoms with Gasteiger partial charge >= 0.3 is 0 Å². The van der Waals surface area contributed by atoms with Gasteiger partial charge in [0.15, 0.2) is 0 Å². The van der Waals surface area contributed by atoms with E-state index in [4.69, 9.17) is 0 Å². The van der Waals surface area contributed by atoms with Crippen LogP contribution in [0.25, 0.3) is 0 Å². The number of nitrogens with zero attached hydrogens (tertiary/aromatic N) is 1. The Bertz CT molecular complexity index is 256. The molecular weight excluding hydrogens is 272 g/mol. The van der Waals surface area contributed by atoms with E-state index in [1.54, 1.807) is 0 Å². The predicted octanol–water partition coefficient (Wildman–Crippen LogP) is 4.61. The normalized spacial score (nSPS) is 12.4. The van der Waals surface area contributed by atoms with Crippen LogP contribution in [-0.4, -0.2) is 37.5 Å². The summed E-state index contributed by atoms with van der Waals surface area (Å²) in [5, 5.41) is 3.37. The molecule has 0 saturated carbocycles. The molecule has 0 rings (SSSR count). The van der Waals surface area contributed by atoms with Crippen LogP contribution in [0.2, 0.25) is 0 Å². The van der Waals surface area contributed by atoms with Gasteiger partial charge in [0.25, 0.3) is 0 Å². The molecule has 0 aromatic heterocycles. The fourth-order valence-corrected chi connectivity index (χ4v) is 2.96. The first kappa shape index (κ1) is 21.4. The van der Waals surface area contributed by atoms with Crippen molar-refractivity contribution in [3.63, 3.8) is 0 Å². The minimum absolute atomic E-state index is 0.257. The molecule has 0 aromatic rings. The van der Waals surface area contributed by atoms with E-state index in [1.165, 1.54) is 44.9 Å². The Kier molecular flexibility index (Phi) is 14.9. The van der Waals surface area contributed by atoms with E-state index >= 15 is 0 Å². The predicted molar refractivity (Wildman–Crippen MR) is 97.2 cm³/mol. The maximum absolute atomic E-state index is 12.6. The van der Waals surface area contributed by atoms with E-state index in [0.29, 0.717) is 5.91 Å². The number of rotatable bonds is 15. The van der Waals surface area contributed by atoms with Gasteiger partial charge in [-0.25, -0.2) is 0 Å². The van der Waals surface area contributed by atoms with Crippen molar-refractivity contribution in [1.29, 1.82) is 0 Å². The lowest BCUT2D eigenvalue weighted by Gasteiger charge is -2.23. The van der Waals surface area contributed by atoms with Crippen molar-refractivity contribution in [1.82, 2.24) is 10.2 Å². The SMILES string of the molecule is CCCCCCC(CCCCCNCC)C(=O)N(C)CCC. The molecule has 3 heteroatoms.